The van der Waals surface area contributed by atoms with Crippen molar-refractivity contribution in [3.63, 3.8) is 0 Å². The SMILES string of the molecule is CCCCC(CC)Cc1[c]cccc1CC(CC)CCCC. The van der Waals surface area contributed by atoms with Crippen LogP contribution in [0.5, 0.6) is 0 Å². The second-order valence-electron chi connectivity index (χ2n) is 6.92. The minimum Gasteiger partial charge on any atom is -0.0654 e. The molecular formula is C22H37. The van der Waals surface area contributed by atoms with E-state index >= 15 is 0 Å². The number of rotatable bonds is 12. The van der Waals surface area contributed by atoms with Crippen molar-refractivity contribution in [2.75, 3.05) is 0 Å². The summed E-state index contributed by atoms with van der Waals surface area (Å²) in [6.45, 7) is 9.29. The van der Waals surface area contributed by atoms with E-state index in [0.29, 0.717) is 0 Å². The Hall–Kier alpha value is -0.780. The lowest BCUT2D eigenvalue weighted by Crippen LogP contribution is -2.09. The number of unbranched alkanes of at least 4 members (excludes halogenated alkanes) is 2. The highest BCUT2D eigenvalue weighted by Gasteiger charge is 2.13. The Morgan fingerprint density at radius 1 is 0.864 bits per heavy atom. The molecular weight excluding hydrogens is 264 g/mol. The van der Waals surface area contributed by atoms with Gasteiger partial charge in [-0.05, 0) is 41.9 Å². The normalized spacial score (nSPS) is 14.0. The zero-order chi connectivity index (χ0) is 16.2. The van der Waals surface area contributed by atoms with Gasteiger partial charge < -0.3 is 0 Å². The molecule has 0 fully saturated rings. The molecule has 0 aromatic heterocycles. The van der Waals surface area contributed by atoms with Crippen molar-refractivity contribution in [1.82, 2.24) is 0 Å². The lowest BCUT2D eigenvalue weighted by atomic mass is 9.85. The predicted octanol–water partition coefficient (Wildman–Crippen LogP) is 7.00. The summed E-state index contributed by atoms with van der Waals surface area (Å²) in [6.07, 6.45) is 13.2. The molecule has 0 saturated heterocycles. The van der Waals surface area contributed by atoms with Gasteiger partial charge in [0.25, 0.3) is 0 Å². The Bertz CT molecular complexity index is 342. The number of hydrogen-bond donors (Lipinski definition) is 0. The Kier molecular flexibility index (Phi) is 10.3. The minimum absolute atomic E-state index is 0.841. The largest absolute Gasteiger partial charge is 0.0654 e. The molecule has 0 heteroatoms. The summed E-state index contributed by atoms with van der Waals surface area (Å²) >= 11 is 0. The maximum Gasteiger partial charge on any atom is -0.0146 e. The Labute approximate surface area is 139 Å². The third kappa shape index (κ3) is 6.99. The molecule has 1 radical (unpaired) electrons. The summed E-state index contributed by atoms with van der Waals surface area (Å²) in [4.78, 5) is 0. The van der Waals surface area contributed by atoms with E-state index in [0.717, 1.165) is 11.8 Å². The molecule has 0 amide bonds. The van der Waals surface area contributed by atoms with Crippen LogP contribution >= 0.6 is 0 Å². The van der Waals surface area contributed by atoms with Crippen LogP contribution in [-0.4, -0.2) is 0 Å². The summed E-state index contributed by atoms with van der Waals surface area (Å²) in [7, 11) is 0. The molecule has 2 atom stereocenters. The third-order valence-corrected chi connectivity index (χ3v) is 5.13. The smallest absolute Gasteiger partial charge is 0.0146 e. The molecule has 125 valence electrons. The highest BCUT2D eigenvalue weighted by atomic mass is 14.2. The highest BCUT2D eigenvalue weighted by molar-refractivity contribution is 5.27. The van der Waals surface area contributed by atoms with Crippen molar-refractivity contribution in [3.05, 3.63) is 35.4 Å². The Morgan fingerprint density at radius 3 is 2.00 bits per heavy atom. The molecule has 0 aliphatic heterocycles. The lowest BCUT2D eigenvalue weighted by Gasteiger charge is -2.20. The van der Waals surface area contributed by atoms with Gasteiger partial charge in [-0.15, -0.1) is 0 Å². The summed E-state index contributed by atoms with van der Waals surface area (Å²) < 4.78 is 0. The van der Waals surface area contributed by atoms with Gasteiger partial charge >= 0.3 is 0 Å². The monoisotopic (exact) mass is 301 g/mol. The molecule has 0 saturated carbocycles. The van der Waals surface area contributed by atoms with E-state index in [9.17, 15) is 0 Å². The predicted molar refractivity (Wildman–Crippen MR) is 99.3 cm³/mol. The van der Waals surface area contributed by atoms with E-state index in [1.54, 1.807) is 5.56 Å². The van der Waals surface area contributed by atoms with Gasteiger partial charge in [-0.1, -0.05) is 97.3 Å². The number of benzene rings is 1. The minimum atomic E-state index is 0.841. The van der Waals surface area contributed by atoms with Gasteiger partial charge in [0.05, 0.1) is 0 Å². The van der Waals surface area contributed by atoms with Crippen LogP contribution in [0.25, 0.3) is 0 Å². The second kappa shape index (κ2) is 11.7. The first-order valence-electron chi connectivity index (χ1n) is 9.73. The van der Waals surface area contributed by atoms with Gasteiger partial charge in [0.1, 0.15) is 0 Å². The number of hydrogen-bond acceptors (Lipinski definition) is 0. The fraction of sp³-hybridized carbons (Fsp3) is 0.727. The average molecular weight is 302 g/mol. The van der Waals surface area contributed by atoms with Gasteiger partial charge in [0.15, 0.2) is 0 Å². The van der Waals surface area contributed by atoms with E-state index in [1.165, 1.54) is 69.8 Å². The molecule has 1 aromatic carbocycles. The van der Waals surface area contributed by atoms with Crippen LogP contribution in [0.15, 0.2) is 18.2 Å². The van der Waals surface area contributed by atoms with Crippen LogP contribution < -0.4 is 0 Å². The van der Waals surface area contributed by atoms with Crippen molar-refractivity contribution in [2.24, 2.45) is 11.8 Å². The first-order valence-corrected chi connectivity index (χ1v) is 9.73. The van der Waals surface area contributed by atoms with Crippen LogP contribution in [0.3, 0.4) is 0 Å². The van der Waals surface area contributed by atoms with E-state index in [4.69, 9.17) is 0 Å². The maximum atomic E-state index is 3.56. The summed E-state index contributed by atoms with van der Waals surface area (Å²) in [5.74, 6) is 1.69. The summed E-state index contributed by atoms with van der Waals surface area (Å²) in [6, 6.07) is 10.2. The van der Waals surface area contributed by atoms with Crippen LogP contribution in [0.4, 0.5) is 0 Å². The molecule has 0 N–H and O–H groups in total. The zero-order valence-electron chi connectivity index (χ0n) is 15.5. The summed E-state index contributed by atoms with van der Waals surface area (Å²) in [5.41, 5.74) is 3.07. The third-order valence-electron chi connectivity index (χ3n) is 5.13. The van der Waals surface area contributed by atoms with Crippen molar-refractivity contribution < 1.29 is 0 Å². The molecule has 0 spiro atoms. The fourth-order valence-corrected chi connectivity index (χ4v) is 3.37. The molecule has 0 heterocycles. The molecule has 0 aliphatic rings. The molecule has 22 heavy (non-hydrogen) atoms. The van der Waals surface area contributed by atoms with Crippen molar-refractivity contribution in [1.29, 1.82) is 0 Å². The second-order valence-corrected chi connectivity index (χ2v) is 6.92. The molecule has 0 bridgehead atoms. The van der Waals surface area contributed by atoms with Gasteiger partial charge in [0, 0.05) is 0 Å². The quantitative estimate of drug-likeness (QED) is 0.389. The van der Waals surface area contributed by atoms with Crippen molar-refractivity contribution in [2.45, 2.75) is 91.9 Å². The Balaban J connectivity index is 2.71. The molecule has 0 nitrogen and oxygen atoms in total. The van der Waals surface area contributed by atoms with Gasteiger partial charge in [0.2, 0.25) is 0 Å². The fourth-order valence-electron chi connectivity index (χ4n) is 3.37. The molecule has 2 unspecified atom stereocenters. The van der Waals surface area contributed by atoms with E-state index < -0.39 is 0 Å². The Morgan fingerprint density at radius 2 is 1.45 bits per heavy atom. The van der Waals surface area contributed by atoms with Gasteiger partial charge in [-0.25, -0.2) is 0 Å². The first kappa shape index (κ1) is 19.3. The summed E-state index contributed by atoms with van der Waals surface area (Å²) in [5, 5.41) is 0. The van der Waals surface area contributed by atoms with E-state index in [-0.39, 0.29) is 0 Å². The maximum absolute atomic E-state index is 3.56. The van der Waals surface area contributed by atoms with E-state index in [2.05, 4.69) is 52.0 Å². The van der Waals surface area contributed by atoms with E-state index in [1.807, 2.05) is 0 Å². The molecule has 1 rings (SSSR count). The van der Waals surface area contributed by atoms with Crippen LogP contribution in [-0.2, 0) is 12.8 Å². The van der Waals surface area contributed by atoms with Crippen LogP contribution in [0.2, 0.25) is 0 Å². The van der Waals surface area contributed by atoms with Gasteiger partial charge in [-0.2, -0.15) is 0 Å². The van der Waals surface area contributed by atoms with Gasteiger partial charge in [-0.3, -0.25) is 0 Å². The first-order chi connectivity index (χ1) is 10.7. The van der Waals surface area contributed by atoms with Crippen LogP contribution in [0, 0.1) is 17.9 Å². The zero-order valence-corrected chi connectivity index (χ0v) is 15.5. The van der Waals surface area contributed by atoms with Crippen molar-refractivity contribution in [3.8, 4) is 0 Å². The standard InChI is InChI=1S/C22H37/c1-5-9-13-19(7-3)17-21-15-11-12-16-22(21)18-20(8-4)14-10-6-2/h11-12,15,19-20H,5-10,13-14,17-18H2,1-4H3. The lowest BCUT2D eigenvalue weighted by molar-refractivity contribution is 0.434. The highest BCUT2D eigenvalue weighted by Crippen LogP contribution is 2.25. The topological polar surface area (TPSA) is 0 Å². The molecule has 0 aliphatic carbocycles. The van der Waals surface area contributed by atoms with Crippen LogP contribution in [0.1, 0.15) is 90.2 Å². The average Bonchev–Trinajstić information content (AvgIpc) is 2.56. The molecule has 1 aromatic rings. The van der Waals surface area contributed by atoms with Crippen molar-refractivity contribution >= 4 is 0 Å².